The van der Waals surface area contributed by atoms with E-state index in [9.17, 15) is 0 Å². The molecule has 0 spiro atoms. The molecule has 0 saturated carbocycles. The van der Waals surface area contributed by atoms with Crippen LogP contribution < -0.4 is 0 Å². The fraction of sp³-hybridized carbons (Fsp3) is 1.00. The van der Waals surface area contributed by atoms with Crippen LogP contribution in [0, 0.1) is 0 Å². The standard InChI is InChI=1S/C4H10O.3H2O.2O.2Ti/c1-2-3-4-5;;;;;;;/h5H,2-4H2,1H3;3*1H2;;;;/q;;;;;;+1;+2/p-3. The minimum atomic E-state index is -3.58. The monoisotopic (exact) mass is 253 g/mol. The molecule has 8 heteroatoms. The van der Waals surface area contributed by atoms with Crippen LogP contribution in [0.1, 0.15) is 19.8 Å². The van der Waals surface area contributed by atoms with E-state index in [1.807, 2.05) is 0 Å². The molecule has 0 aliphatic rings. The first-order valence-electron chi connectivity index (χ1n) is 3.10. The van der Waals surface area contributed by atoms with Gasteiger partial charge in [-0.05, 0) is 6.42 Å². The topological polar surface area (TPSA) is 115 Å². The first kappa shape index (κ1) is 18.6. The summed E-state index contributed by atoms with van der Waals surface area (Å²) in [4.78, 5) is 0. The van der Waals surface area contributed by atoms with Crippen LogP contribution in [0.2, 0.25) is 0 Å². The van der Waals surface area contributed by atoms with Crippen LogP contribution >= 0.6 is 0 Å². The fourth-order valence-electron chi connectivity index (χ4n) is 0.158. The van der Waals surface area contributed by atoms with Crippen molar-refractivity contribution < 1.29 is 60.9 Å². The number of rotatable bonds is 2. The van der Waals surface area contributed by atoms with E-state index in [0.717, 1.165) is 12.8 Å². The Hall–Kier alpha value is 0.869. The Balaban J connectivity index is -0.000000105. The Morgan fingerprint density at radius 2 is 1.67 bits per heavy atom. The number of hydrogen-bond donors (Lipinski definition) is 4. The van der Waals surface area contributed by atoms with Crippen molar-refractivity contribution in [1.82, 2.24) is 0 Å². The molecule has 0 aliphatic carbocycles. The molecule has 0 bridgehead atoms. The first-order chi connectivity index (χ1) is 5.56. The summed E-state index contributed by atoms with van der Waals surface area (Å²) in [5, 5.41) is 8.07. The molecule has 6 nitrogen and oxygen atoms in total. The first-order valence-corrected chi connectivity index (χ1v) is 6.47. The van der Waals surface area contributed by atoms with Gasteiger partial charge in [0.15, 0.2) is 0 Å². The van der Waals surface area contributed by atoms with Crippen LogP contribution in [0.15, 0.2) is 0 Å². The molecule has 0 radical (unpaired) electrons. The van der Waals surface area contributed by atoms with Crippen LogP contribution in [0.4, 0.5) is 0 Å². The molecule has 73 valence electrons. The summed E-state index contributed by atoms with van der Waals surface area (Å²) >= 11 is -5.33. The van der Waals surface area contributed by atoms with Gasteiger partial charge >= 0.3 is 55.8 Å². The van der Waals surface area contributed by atoms with Crippen LogP contribution in [0.3, 0.4) is 0 Å². The van der Waals surface area contributed by atoms with Gasteiger partial charge in [-0.15, -0.1) is 0 Å². The van der Waals surface area contributed by atoms with Crippen molar-refractivity contribution >= 4 is 0 Å². The van der Waals surface area contributed by atoms with Gasteiger partial charge in [-0.3, -0.25) is 0 Å². The number of hydrogen-bond acceptors (Lipinski definition) is 3. The quantitative estimate of drug-likeness (QED) is 0.462. The molecule has 0 saturated heterocycles. The third kappa shape index (κ3) is 129. The molecule has 0 rings (SSSR count). The van der Waals surface area contributed by atoms with Crippen molar-refractivity contribution in [3.63, 3.8) is 0 Å². The van der Waals surface area contributed by atoms with E-state index in [4.69, 9.17) is 22.8 Å². The number of aliphatic hydroxyl groups is 1. The number of unbranched alkanes of at least 4 members (excludes halogenated alkanes) is 1. The average Bonchev–Trinajstić information content (AvgIpc) is 1.89. The summed E-state index contributed by atoms with van der Waals surface area (Å²) in [7, 11) is 0. The summed E-state index contributed by atoms with van der Waals surface area (Å²) in [5.74, 6) is 0. The molecule has 0 fully saturated rings. The maximum atomic E-state index is 8.81. The third-order valence-corrected chi connectivity index (χ3v) is 0.512. The zero-order valence-electron chi connectivity index (χ0n) is 6.73. The average molecular weight is 253 g/mol. The van der Waals surface area contributed by atoms with Gasteiger partial charge in [0.25, 0.3) is 0 Å². The molecular formula is C4H13O6Ti2. The predicted molar refractivity (Wildman–Crippen MR) is 30.0 cm³/mol. The van der Waals surface area contributed by atoms with E-state index in [2.05, 4.69) is 6.92 Å². The fourth-order valence-corrected chi connectivity index (χ4v) is 0.158. The van der Waals surface area contributed by atoms with E-state index in [-0.39, 0.29) is 0 Å². The van der Waals surface area contributed by atoms with Gasteiger partial charge in [0.1, 0.15) is 0 Å². The van der Waals surface area contributed by atoms with Gasteiger partial charge in [-0.2, -0.15) is 0 Å². The van der Waals surface area contributed by atoms with Gasteiger partial charge in [0.2, 0.25) is 0 Å². The zero-order valence-corrected chi connectivity index (χ0v) is 9.85. The van der Waals surface area contributed by atoms with Crippen LogP contribution in [0.5, 0.6) is 0 Å². The molecule has 0 aromatic carbocycles. The summed E-state index contributed by atoms with van der Waals surface area (Å²) in [6.07, 6.45) is 2.04. The maximum absolute atomic E-state index is 8.81. The summed E-state index contributed by atoms with van der Waals surface area (Å²) in [6.45, 7) is 2.40. The van der Waals surface area contributed by atoms with Crippen molar-refractivity contribution in [2.24, 2.45) is 0 Å². The molecule has 0 atom stereocenters. The molecule has 0 heterocycles. The SMILES string of the molecule is CCCCO.[O]=[Ti]([OH])[OH].[O]=[Ti][OH]. The van der Waals surface area contributed by atoms with E-state index in [1.165, 1.54) is 0 Å². The molecule has 0 aliphatic heterocycles. The van der Waals surface area contributed by atoms with Gasteiger partial charge < -0.3 is 5.11 Å². The minimum absolute atomic E-state index is 0.344. The summed E-state index contributed by atoms with van der Waals surface area (Å²) < 4.78 is 39.0. The molecule has 0 aromatic rings. The van der Waals surface area contributed by atoms with Gasteiger partial charge in [0, 0.05) is 6.61 Å². The Morgan fingerprint density at radius 3 is 1.67 bits per heavy atom. The summed E-state index contributed by atoms with van der Waals surface area (Å²) in [6, 6.07) is 0. The Labute approximate surface area is 87.1 Å². The second kappa shape index (κ2) is 22.6. The second-order valence-electron chi connectivity index (χ2n) is 1.45. The van der Waals surface area contributed by atoms with Crippen molar-refractivity contribution in [1.29, 1.82) is 0 Å². The van der Waals surface area contributed by atoms with E-state index in [0.29, 0.717) is 6.61 Å². The predicted octanol–water partition coefficient (Wildman–Crippen LogP) is -1.13. The Bertz CT molecular complexity index is 91.5. The molecule has 0 unspecified atom stereocenters. The van der Waals surface area contributed by atoms with E-state index in [1.54, 1.807) is 0 Å². The van der Waals surface area contributed by atoms with Crippen molar-refractivity contribution in [2.45, 2.75) is 19.8 Å². The normalized spacial score (nSPS) is 6.42. The number of aliphatic hydroxyl groups excluding tert-OH is 1. The van der Waals surface area contributed by atoms with E-state index >= 15 is 0 Å². The molecule has 12 heavy (non-hydrogen) atoms. The van der Waals surface area contributed by atoms with Crippen molar-refractivity contribution in [3.8, 4) is 0 Å². The van der Waals surface area contributed by atoms with Crippen LogP contribution in [0.25, 0.3) is 0 Å². The van der Waals surface area contributed by atoms with Gasteiger partial charge in [-0.25, -0.2) is 0 Å². The van der Waals surface area contributed by atoms with Gasteiger partial charge in [0.05, 0.1) is 0 Å². The Kier molecular flexibility index (Phi) is 35.1. The second-order valence-corrected chi connectivity index (χ2v) is 2.62. The van der Waals surface area contributed by atoms with Crippen LogP contribution in [-0.4, -0.2) is 22.8 Å². The van der Waals surface area contributed by atoms with Crippen molar-refractivity contribution in [3.05, 3.63) is 0 Å². The third-order valence-electron chi connectivity index (χ3n) is 0.512. The van der Waals surface area contributed by atoms with Gasteiger partial charge in [-0.1, -0.05) is 13.3 Å². The van der Waals surface area contributed by atoms with Crippen molar-refractivity contribution in [2.75, 3.05) is 6.61 Å². The molecule has 0 aromatic heterocycles. The molecule has 0 amide bonds. The van der Waals surface area contributed by atoms with E-state index < -0.39 is 38.1 Å². The molecular weight excluding hydrogens is 240 g/mol. The Morgan fingerprint density at radius 1 is 1.42 bits per heavy atom. The van der Waals surface area contributed by atoms with Crippen LogP contribution in [-0.2, 0) is 44.8 Å². The molecule has 4 N–H and O–H groups in total. The summed E-state index contributed by atoms with van der Waals surface area (Å²) in [5.41, 5.74) is 0. The zero-order chi connectivity index (χ0) is 10.4.